The van der Waals surface area contributed by atoms with Crippen molar-refractivity contribution in [2.75, 3.05) is 30.4 Å². The molecule has 1 saturated carbocycles. The van der Waals surface area contributed by atoms with E-state index in [0.717, 1.165) is 68.8 Å². The Morgan fingerprint density at radius 1 is 0.931 bits per heavy atom. The summed E-state index contributed by atoms with van der Waals surface area (Å²) in [6.07, 6.45) is 8.16. The number of fused-ring (bicyclic) bond motifs is 2. The second kappa shape index (κ2) is 15.1. The van der Waals surface area contributed by atoms with Crippen molar-refractivity contribution < 1.29 is 24.0 Å². The number of imide groups is 2. The van der Waals surface area contributed by atoms with Crippen LogP contribution in [0.3, 0.4) is 0 Å². The van der Waals surface area contributed by atoms with Gasteiger partial charge in [0.15, 0.2) is 5.01 Å². The van der Waals surface area contributed by atoms with Crippen LogP contribution in [0.25, 0.3) is 27.5 Å². The number of hydrogen-bond acceptors (Lipinski definition) is 13. The maximum Gasteiger partial charge on any atom is 0.264 e. The van der Waals surface area contributed by atoms with Crippen LogP contribution in [0.1, 0.15) is 88.6 Å². The Morgan fingerprint density at radius 3 is 2.50 bits per heavy atom. The van der Waals surface area contributed by atoms with Crippen molar-refractivity contribution in [2.45, 2.75) is 69.4 Å². The first kappa shape index (κ1) is 37.1. The fourth-order valence-corrected chi connectivity index (χ4v) is 9.72. The highest BCUT2D eigenvalue weighted by Crippen LogP contribution is 2.40. The summed E-state index contributed by atoms with van der Waals surface area (Å²) < 4.78 is 1.76. The molecule has 2 saturated heterocycles. The minimum atomic E-state index is -1.02. The molecule has 3 aliphatic heterocycles. The van der Waals surface area contributed by atoms with Crippen LogP contribution in [0.2, 0.25) is 0 Å². The lowest BCUT2D eigenvalue weighted by molar-refractivity contribution is -0.136. The van der Waals surface area contributed by atoms with Crippen molar-refractivity contribution in [3.8, 4) is 28.0 Å². The second-order valence-electron chi connectivity index (χ2n) is 15.2. The molecule has 0 bridgehead atoms. The Kier molecular flexibility index (Phi) is 9.64. The lowest BCUT2D eigenvalue weighted by Crippen LogP contribution is -2.54. The van der Waals surface area contributed by atoms with Gasteiger partial charge < -0.3 is 15.5 Å². The fraction of sp³-hybridized carbons (Fsp3) is 0.366. The van der Waals surface area contributed by atoms with Gasteiger partial charge in [0, 0.05) is 56.3 Å². The SMILES string of the molecule is CNc1cc(-c2ccc3cc(C#N)cnn23)ncc1-c1nnc(C2CCC(NC(=O)C3CCN(c4cccc5c4C(=O)N(C4CCC(=O)NC4=O)C5=O)CC3)CC2)s1. The molecule has 4 aliphatic rings. The van der Waals surface area contributed by atoms with Crippen LogP contribution >= 0.6 is 11.3 Å². The summed E-state index contributed by atoms with van der Waals surface area (Å²) in [4.78, 5) is 72.4. The van der Waals surface area contributed by atoms with E-state index in [0.29, 0.717) is 37.2 Å². The standard InChI is InChI=1S/C41H39N11O5S/c1-43-29-18-30(31-10-9-26-17-22(19-42)20-45-52(26)31)44-21-28(29)39-49-48-38(58-39)24-5-7-25(8-6-24)46-36(54)23-13-15-50(16-14-23)32-4-2-3-27-35(32)41(57)51(40(27)56)33-11-12-34(53)47-37(33)55/h2-4,9-10,17-18,20-21,23-25,33H,5-8,11-16H2,1H3,(H,43,44)(H,46,54)(H,47,53,55). The number of carbonyl (C=O) groups excluding carboxylic acids is 5. The number of hydrogen-bond donors (Lipinski definition) is 3. The molecule has 5 amide bonds. The summed E-state index contributed by atoms with van der Waals surface area (Å²) in [5.74, 6) is -1.99. The smallest absolute Gasteiger partial charge is 0.264 e. The van der Waals surface area contributed by atoms with Gasteiger partial charge in [-0.2, -0.15) is 10.4 Å². The van der Waals surface area contributed by atoms with Crippen LogP contribution in [-0.2, 0) is 14.4 Å². The fourth-order valence-electron chi connectivity index (χ4n) is 8.68. The summed E-state index contributed by atoms with van der Waals surface area (Å²) in [5.41, 5.74) is 5.70. The average molecular weight is 798 g/mol. The lowest BCUT2D eigenvalue weighted by atomic mass is 9.86. The number of piperidine rings is 2. The lowest BCUT2D eigenvalue weighted by Gasteiger charge is -2.35. The Hall–Kier alpha value is -6.54. The number of carbonyl (C=O) groups is 5. The van der Waals surface area contributed by atoms with E-state index in [-0.39, 0.29) is 47.8 Å². The summed E-state index contributed by atoms with van der Waals surface area (Å²) in [6, 6.07) is 13.9. The van der Waals surface area contributed by atoms with E-state index in [1.54, 1.807) is 40.2 Å². The first-order valence-corrected chi connectivity index (χ1v) is 20.3. The quantitative estimate of drug-likeness (QED) is 0.188. The normalized spacial score (nSPS) is 21.2. The molecule has 1 atom stereocenters. The highest BCUT2D eigenvalue weighted by molar-refractivity contribution is 7.14. The first-order chi connectivity index (χ1) is 28.2. The zero-order valence-electron chi connectivity index (χ0n) is 31.6. The van der Waals surface area contributed by atoms with Crippen molar-refractivity contribution >= 4 is 57.8 Å². The van der Waals surface area contributed by atoms with Gasteiger partial charge in [-0.05, 0) is 81.3 Å². The number of nitrogens with zero attached hydrogens (tertiary/aromatic N) is 8. The Bertz CT molecular complexity index is 2540. The molecule has 0 radical (unpaired) electrons. The number of nitriles is 1. The predicted octanol–water partition coefficient (Wildman–Crippen LogP) is 4.29. The van der Waals surface area contributed by atoms with Crippen LogP contribution in [0, 0.1) is 17.2 Å². The van der Waals surface area contributed by atoms with E-state index in [2.05, 4.69) is 37.3 Å². The highest BCUT2D eigenvalue weighted by Gasteiger charge is 2.46. The van der Waals surface area contributed by atoms with Gasteiger partial charge in [-0.15, -0.1) is 10.2 Å². The molecule has 58 heavy (non-hydrogen) atoms. The largest absolute Gasteiger partial charge is 0.387 e. The van der Waals surface area contributed by atoms with Crippen molar-refractivity contribution in [2.24, 2.45) is 5.92 Å². The zero-order valence-corrected chi connectivity index (χ0v) is 32.4. The molecule has 1 aliphatic carbocycles. The molecular weight excluding hydrogens is 759 g/mol. The van der Waals surface area contributed by atoms with E-state index in [4.69, 9.17) is 4.98 Å². The minimum absolute atomic E-state index is 0.0428. The number of aromatic nitrogens is 5. The van der Waals surface area contributed by atoms with Gasteiger partial charge in [0.25, 0.3) is 11.8 Å². The maximum absolute atomic E-state index is 13.6. The Balaban J connectivity index is 0.787. The van der Waals surface area contributed by atoms with Crippen molar-refractivity contribution in [3.05, 3.63) is 76.6 Å². The molecule has 1 unspecified atom stereocenters. The van der Waals surface area contributed by atoms with E-state index < -0.39 is 29.7 Å². The van der Waals surface area contributed by atoms with Crippen molar-refractivity contribution in [1.29, 1.82) is 5.26 Å². The molecule has 16 nitrogen and oxygen atoms in total. The number of anilines is 2. The summed E-state index contributed by atoms with van der Waals surface area (Å²) in [7, 11) is 1.86. The van der Waals surface area contributed by atoms with Gasteiger partial charge in [0.05, 0.1) is 51.0 Å². The van der Waals surface area contributed by atoms with Crippen molar-refractivity contribution in [1.82, 2.24) is 40.3 Å². The molecule has 7 heterocycles. The van der Waals surface area contributed by atoms with Gasteiger partial charge in [-0.3, -0.25) is 39.2 Å². The molecule has 5 aromatic rings. The highest BCUT2D eigenvalue weighted by atomic mass is 32.1. The third-order valence-corrected chi connectivity index (χ3v) is 12.9. The Labute approximate surface area is 336 Å². The van der Waals surface area contributed by atoms with Crippen LogP contribution < -0.4 is 20.9 Å². The van der Waals surface area contributed by atoms with Gasteiger partial charge in [-0.25, -0.2) is 4.52 Å². The van der Waals surface area contributed by atoms with Gasteiger partial charge in [0.1, 0.15) is 17.1 Å². The van der Waals surface area contributed by atoms with E-state index in [1.807, 2.05) is 36.2 Å². The number of rotatable bonds is 8. The molecule has 17 heteroatoms. The molecule has 1 aromatic carbocycles. The van der Waals surface area contributed by atoms with E-state index in [9.17, 15) is 29.2 Å². The number of pyridine rings is 1. The molecule has 3 fully saturated rings. The number of amides is 5. The van der Waals surface area contributed by atoms with E-state index in [1.165, 1.54) is 6.20 Å². The van der Waals surface area contributed by atoms with Crippen LogP contribution in [-0.4, -0.2) is 91.5 Å². The predicted molar refractivity (Wildman–Crippen MR) is 213 cm³/mol. The zero-order chi connectivity index (χ0) is 40.1. The molecule has 0 spiro atoms. The van der Waals surface area contributed by atoms with Gasteiger partial charge in [0.2, 0.25) is 17.7 Å². The summed E-state index contributed by atoms with van der Waals surface area (Å²) >= 11 is 1.57. The topological polar surface area (TPSA) is 208 Å². The third-order valence-electron chi connectivity index (χ3n) is 11.8. The number of nitrogens with one attached hydrogen (secondary N) is 3. The third kappa shape index (κ3) is 6.62. The minimum Gasteiger partial charge on any atom is -0.387 e. The molecule has 3 N–H and O–H groups in total. The molecular formula is C41H39N11O5S. The van der Waals surface area contributed by atoms with Crippen LogP contribution in [0.5, 0.6) is 0 Å². The van der Waals surface area contributed by atoms with Gasteiger partial charge in [-0.1, -0.05) is 17.4 Å². The van der Waals surface area contributed by atoms with E-state index >= 15 is 0 Å². The summed E-state index contributed by atoms with van der Waals surface area (Å²) in [5, 5.41) is 33.4. The molecule has 9 rings (SSSR count). The molecule has 4 aromatic heterocycles. The average Bonchev–Trinajstić information content (AvgIpc) is 3.97. The number of benzene rings is 1. The second-order valence-corrected chi connectivity index (χ2v) is 16.2. The monoisotopic (exact) mass is 797 g/mol. The van der Waals surface area contributed by atoms with Crippen molar-refractivity contribution in [3.63, 3.8) is 0 Å². The van der Waals surface area contributed by atoms with Gasteiger partial charge >= 0.3 is 0 Å². The maximum atomic E-state index is 13.6. The Morgan fingerprint density at radius 2 is 1.74 bits per heavy atom. The van der Waals surface area contributed by atoms with Crippen LogP contribution in [0.15, 0.2) is 54.9 Å². The molecule has 294 valence electrons. The first-order valence-electron chi connectivity index (χ1n) is 19.5. The summed E-state index contributed by atoms with van der Waals surface area (Å²) in [6.45, 7) is 1.08. The van der Waals surface area contributed by atoms with Crippen LogP contribution in [0.4, 0.5) is 11.4 Å².